The molecule has 7 nitrogen and oxygen atoms in total. The minimum Gasteiger partial charge on any atom is -0.463 e. The lowest BCUT2D eigenvalue weighted by Gasteiger charge is -2.39. The monoisotopic (exact) mass is 437 g/mol. The van der Waals surface area contributed by atoms with Crippen molar-refractivity contribution in [3.8, 4) is 0 Å². The van der Waals surface area contributed by atoms with E-state index in [1.165, 1.54) is 0 Å². The molecule has 1 aliphatic heterocycles. The van der Waals surface area contributed by atoms with Crippen LogP contribution >= 0.6 is 0 Å². The Hall–Kier alpha value is -1.89. The van der Waals surface area contributed by atoms with Crippen LogP contribution in [0.4, 0.5) is 0 Å². The number of rotatable bonds is 10. The molecular formula is C24H43N3O4. The highest BCUT2D eigenvalue weighted by atomic mass is 16.5. The summed E-state index contributed by atoms with van der Waals surface area (Å²) in [5.74, 6) is -0.639. The van der Waals surface area contributed by atoms with Gasteiger partial charge in [-0.1, -0.05) is 33.3 Å². The molecule has 0 aromatic carbocycles. The first-order valence-corrected chi connectivity index (χ1v) is 11.7. The van der Waals surface area contributed by atoms with Crippen molar-refractivity contribution in [1.82, 2.24) is 15.1 Å². The fraction of sp³-hybridized carbons (Fsp3) is 0.792. The molecule has 2 amide bonds. The summed E-state index contributed by atoms with van der Waals surface area (Å²) in [6.45, 7) is 14.7. The Bertz CT molecular complexity index is 645. The quantitative estimate of drug-likeness (QED) is 0.420. The fourth-order valence-corrected chi connectivity index (χ4v) is 4.10. The highest BCUT2D eigenvalue weighted by Gasteiger charge is 2.35. The van der Waals surface area contributed by atoms with E-state index in [9.17, 15) is 14.4 Å². The number of ether oxygens (including phenoxy) is 1. The average Bonchev–Trinajstić information content (AvgIpc) is 2.74. The van der Waals surface area contributed by atoms with E-state index in [4.69, 9.17) is 4.74 Å². The van der Waals surface area contributed by atoms with Crippen molar-refractivity contribution in [2.24, 2.45) is 5.92 Å². The number of carbonyl (C=O) groups excluding carboxylic acids is 3. The molecule has 1 rings (SSSR count). The summed E-state index contributed by atoms with van der Waals surface area (Å²) in [4.78, 5) is 42.3. The van der Waals surface area contributed by atoms with Crippen LogP contribution in [0, 0.1) is 5.92 Å². The van der Waals surface area contributed by atoms with Gasteiger partial charge in [-0.2, -0.15) is 0 Å². The number of esters is 1. The number of likely N-dealkylation sites (tertiary alicyclic amines) is 1. The highest BCUT2D eigenvalue weighted by Crippen LogP contribution is 2.21. The second-order valence-corrected chi connectivity index (χ2v) is 9.07. The number of piperidine rings is 1. The first kappa shape index (κ1) is 27.1. The molecule has 0 saturated carbocycles. The van der Waals surface area contributed by atoms with Crippen LogP contribution in [-0.4, -0.2) is 72.0 Å². The van der Waals surface area contributed by atoms with Crippen molar-refractivity contribution in [3.05, 3.63) is 11.6 Å². The van der Waals surface area contributed by atoms with Crippen LogP contribution < -0.4 is 5.32 Å². The molecule has 0 aliphatic carbocycles. The molecule has 0 spiro atoms. The van der Waals surface area contributed by atoms with Gasteiger partial charge in [-0.05, 0) is 59.4 Å². The zero-order chi connectivity index (χ0) is 23.7. The average molecular weight is 438 g/mol. The Morgan fingerprint density at radius 3 is 2.32 bits per heavy atom. The molecule has 1 saturated heterocycles. The summed E-state index contributed by atoms with van der Waals surface area (Å²) < 4.78 is 5.05. The molecule has 1 aliphatic rings. The number of carbonyl (C=O) groups is 3. The summed E-state index contributed by atoms with van der Waals surface area (Å²) in [7, 11) is 1.73. The van der Waals surface area contributed by atoms with Crippen LogP contribution in [0.15, 0.2) is 11.6 Å². The lowest BCUT2D eigenvalue weighted by Crippen LogP contribution is -2.58. The SMILES string of the molecule is CCOC(=O)C(C)=CC(CC)N(C)C(=O)[C@@H](NC(=O)C1CCCCN1C(C)C)C(C)C. The minimum absolute atomic E-state index is 0.0531. The van der Waals surface area contributed by atoms with Crippen molar-refractivity contribution >= 4 is 17.8 Å². The minimum atomic E-state index is -0.612. The number of amides is 2. The van der Waals surface area contributed by atoms with E-state index in [1.54, 1.807) is 31.9 Å². The summed E-state index contributed by atoms with van der Waals surface area (Å²) in [5, 5.41) is 3.04. The van der Waals surface area contributed by atoms with E-state index in [1.807, 2.05) is 20.8 Å². The van der Waals surface area contributed by atoms with Gasteiger partial charge >= 0.3 is 5.97 Å². The number of hydrogen-bond acceptors (Lipinski definition) is 5. The third-order valence-corrected chi connectivity index (χ3v) is 6.04. The molecule has 7 heteroatoms. The van der Waals surface area contributed by atoms with Gasteiger partial charge in [0.2, 0.25) is 11.8 Å². The van der Waals surface area contributed by atoms with Crippen LogP contribution in [0.1, 0.15) is 74.1 Å². The molecule has 0 aromatic heterocycles. The van der Waals surface area contributed by atoms with Crippen LogP contribution in [-0.2, 0) is 19.1 Å². The summed E-state index contributed by atoms with van der Waals surface area (Å²) in [6, 6.07) is -0.774. The predicted octanol–water partition coefficient (Wildman–Crippen LogP) is 3.14. The Morgan fingerprint density at radius 2 is 1.81 bits per heavy atom. The van der Waals surface area contributed by atoms with Crippen molar-refractivity contribution in [1.29, 1.82) is 0 Å². The van der Waals surface area contributed by atoms with E-state index in [2.05, 4.69) is 24.1 Å². The molecule has 0 bridgehead atoms. The summed E-state index contributed by atoms with van der Waals surface area (Å²) >= 11 is 0. The zero-order valence-electron chi connectivity index (χ0n) is 20.7. The summed E-state index contributed by atoms with van der Waals surface area (Å²) in [5.41, 5.74) is 0.480. The lowest BCUT2D eigenvalue weighted by atomic mass is 9.97. The Morgan fingerprint density at radius 1 is 1.16 bits per heavy atom. The van der Waals surface area contributed by atoms with E-state index < -0.39 is 6.04 Å². The van der Waals surface area contributed by atoms with Gasteiger partial charge in [-0.25, -0.2) is 4.79 Å². The molecule has 178 valence electrons. The second kappa shape index (κ2) is 12.8. The van der Waals surface area contributed by atoms with E-state index >= 15 is 0 Å². The normalized spacial score (nSPS) is 19.8. The first-order valence-electron chi connectivity index (χ1n) is 11.7. The van der Waals surface area contributed by atoms with Crippen LogP contribution in [0.2, 0.25) is 0 Å². The topological polar surface area (TPSA) is 79.0 Å². The van der Waals surface area contributed by atoms with Gasteiger partial charge in [0.15, 0.2) is 0 Å². The third kappa shape index (κ3) is 7.63. The lowest BCUT2D eigenvalue weighted by molar-refractivity contribution is -0.140. The number of nitrogens with zero attached hydrogens (tertiary/aromatic N) is 2. The van der Waals surface area contributed by atoms with E-state index in [-0.39, 0.29) is 41.8 Å². The van der Waals surface area contributed by atoms with Gasteiger partial charge in [0.05, 0.1) is 18.7 Å². The largest absolute Gasteiger partial charge is 0.463 e. The molecule has 0 radical (unpaired) electrons. The van der Waals surface area contributed by atoms with Gasteiger partial charge in [0.25, 0.3) is 0 Å². The molecule has 1 N–H and O–H groups in total. The standard InChI is InChI=1S/C24H43N3O4/c1-9-19(15-18(7)24(30)31-10-2)26(8)23(29)21(16(3)4)25-22(28)20-13-11-12-14-27(20)17(5)6/h15-17,19-21H,9-14H2,1-8H3,(H,25,28)/t19?,20?,21-/m0/s1. The zero-order valence-corrected chi connectivity index (χ0v) is 20.7. The maximum atomic E-state index is 13.3. The maximum absolute atomic E-state index is 13.3. The van der Waals surface area contributed by atoms with Crippen molar-refractivity contribution < 1.29 is 19.1 Å². The van der Waals surface area contributed by atoms with Gasteiger partial charge < -0.3 is 15.0 Å². The molecule has 1 fully saturated rings. The smallest absolute Gasteiger partial charge is 0.333 e. The van der Waals surface area contributed by atoms with Crippen LogP contribution in [0.5, 0.6) is 0 Å². The van der Waals surface area contributed by atoms with Crippen molar-refractivity contribution in [3.63, 3.8) is 0 Å². The maximum Gasteiger partial charge on any atom is 0.333 e. The molecule has 2 unspecified atom stereocenters. The summed E-state index contributed by atoms with van der Waals surface area (Å²) in [6.07, 6.45) is 5.37. The number of hydrogen-bond donors (Lipinski definition) is 1. The Kier molecular flexibility index (Phi) is 11.2. The molecule has 0 aromatic rings. The Labute approximate surface area is 188 Å². The number of likely N-dealkylation sites (N-methyl/N-ethyl adjacent to an activating group) is 1. The molecule has 3 atom stereocenters. The molecular weight excluding hydrogens is 394 g/mol. The van der Waals surface area contributed by atoms with Crippen molar-refractivity contribution in [2.45, 2.75) is 98.3 Å². The van der Waals surface area contributed by atoms with E-state index in [0.717, 1.165) is 25.8 Å². The fourth-order valence-electron chi connectivity index (χ4n) is 4.10. The second-order valence-electron chi connectivity index (χ2n) is 9.07. The van der Waals surface area contributed by atoms with Crippen LogP contribution in [0.25, 0.3) is 0 Å². The van der Waals surface area contributed by atoms with Gasteiger partial charge in [-0.3, -0.25) is 14.5 Å². The highest BCUT2D eigenvalue weighted by molar-refractivity contribution is 5.91. The molecule has 31 heavy (non-hydrogen) atoms. The van der Waals surface area contributed by atoms with Gasteiger partial charge in [0.1, 0.15) is 6.04 Å². The number of nitrogens with one attached hydrogen (secondary N) is 1. The third-order valence-electron chi connectivity index (χ3n) is 6.04. The van der Waals surface area contributed by atoms with Crippen LogP contribution in [0.3, 0.4) is 0 Å². The molecule has 1 heterocycles. The Balaban J connectivity index is 2.97. The van der Waals surface area contributed by atoms with E-state index in [0.29, 0.717) is 18.6 Å². The van der Waals surface area contributed by atoms with Crippen molar-refractivity contribution in [2.75, 3.05) is 20.2 Å². The van der Waals surface area contributed by atoms with Gasteiger partial charge in [0, 0.05) is 18.7 Å². The van der Waals surface area contributed by atoms with Gasteiger partial charge in [-0.15, -0.1) is 0 Å². The first-order chi connectivity index (χ1) is 14.5. The predicted molar refractivity (Wildman–Crippen MR) is 123 cm³/mol.